The highest BCUT2D eigenvalue weighted by Gasteiger charge is 2.19. The summed E-state index contributed by atoms with van der Waals surface area (Å²) in [5, 5.41) is 11.7. The van der Waals surface area contributed by atoms with Crippen LogP contribution in [-0.2, 0) is 10.5 Å². The van der Waals surface area contributed by atoms with E-state index in [2.05, 4.69) is 0 Å². The summed E-state index contributed by atoms with van der Waals surface area (Å²) >= 11 is 7.70. The van der Waals surface area contributed by atoms with E-state index in [-0.39, 0.29) is 5.69 Å². The van der Waals surface area contributed by atoms with E-state index in [9.17, 15) is 10.1 Å². The molecule has 1 aromatic carbocycles. The predicted molar refractivity (Wildman–Crippen MR) is 64.0 cm³/mol. The first-order valence-electron chi connectivity index (χ1n) is 4.79. The van der Waals surface area contributed by atoms with Crippen LogP contribution in [0.2, 0.25) is 5.02 Å². The minimum absolute atomic E-state index is 0.0878. The first-order chi connectivity index (χ1) is 7.66. The molecule has 1 fully saturated rings. The van der Waals surface area contributed by atoms with Gasteiger partial charge in [0.1, 0.15) is 0 Å². The fourth-order valence-electron chi connectivity index (χ4n) is 1.30. The molecule has 0 atom stereocenters. The monoisotopic (exact) mass is 259 g/mol. The molecule has 0 radical (unpaired) electrons. The van der Waals surface area contributed by atoms with Crippen molar-refractivity contribution in [3.8, 4) is 0 Å². The lowest BCUT2D eigenvalue weighted by atomic mass is 10.2. The van der Waals surface area contributed by atoms with Crippen LogP contribution in [0.1, 0.15) is 5.56 Å². The van der Waals surface area contributed by atoms with Crippen molar-refractivity contribution >= 4 is 29.1 Å². The zero-order valence-corrected chi connectivity index (χ0v) is 9.96. The summed E-state index contributed by atoms with van der Waals surface area (Å²) in [5.41, 5.74) is 0.901. The molecule has 0 unspecified atom stereocenters. The zero-order valence-electron chi connectivity index (χ0n) is 8.39. The van der Waals surface area contributed by atoms with E-state index in [0.29, 0.717) is 16.0 Å². The van der Waals surface area contributed by atoms with Crippen molar-refractivity contribution in [2.24, 2.45) is 0 Å². The van der Waals surface area contributed by atoms with Gasteiger partial charge in [-0.1, -0.05) is 11.6 Å². The van der Waals surface area contributed by atoms with Crippen molar-refractivity contribution in [3.05, 3.63) is 38.9 Å². The third kappa shape index (κ3) is 2.66. The van der Waals surface area contributed by atoms with Crippen LogP contribution in [0.3, 0.4) is 0 Å². The van der Waals surface area contributed by atoms with Crippen LogP contribution in [-0.4, -0.2) is 23.4 Å². The van der Waals surface area contributed by atoms with Crippen LogP contribution in [0, 0.1) is 10.1 Å². The Balaban J connectivity index is 2.05. The van der Waals surface area contributed by atoms with Gasteiger partial charge in [0.25, 0.3) is 5.69 Å². The van der Waals surface area contributed by atoms with Gasteiger partial charge in [0.15, 0.2) is 0 Å². The molecule has 0 saturated carbocycles. The van der Waals surface area contributed by atoms with E-state index < -0.39 is 4.92 Å². The molecule has 1 saturated heterocycles. The third-order valence-corrected chi connectivity index (χ3v) is 3.91. The molecule has 1 aliphatic heterocycles. The Labute approximate surface area is 102 Å². The quantitative estimate of drug-likeness (QED) is 0.616. The van der Waals surface area contributed by atoms with Crippen molar-refractivity contribution in [2.75, 3.05) is 13.2 Å². The second kappa shape index (κ2) is 5.03. The van der Waals surface area contributed by atoms with E-state index in [4.69, 9.17) is 16.3 Å². The highest BCUT2D eigenvalue weighted by Crippen LogP contribution is 2.29. The van der Waals surface area contributed by atoms with E-state index in [1.807, 2.05) is 0 Å². The van der Waals surface area contributed by atoms with Gasteiger partial charge in [-0.2, -0.15) is 0 Å². The molecular weight excluding hydrogens is 250 g/mol. The van der Waals surface area contributed by atoms with Crippen molar-refractivity contribution in [2.45, 2.75) is 11.0 Å². The first kappa shape index (κ1) is 11.7. The number of halogens is 1. The average Bonchev–Trinajstić information content (AvgIpc) is 2.18. The molecule has 6 heteroatoms. The third-order valence-electron chi connectivity index (χ3n) is 2.32. The summed E-state index contributed by atoms with van der Waals surface area (Å²) in [7, 11) is 0. The van der Waals surface area contributed by atoms with Crippen LogP contribution in [0.4, 0.5) is 5.69 Å². The number of rotatable bonds is 4. The number of nitro groups is 1. The SMILES string of the molecule is O=[N+]([O-])c1ccc(Cl)c(CSC2COC2)c1. The number of hydrogen-bond acceptors (Lipinski definition) is 4. The number of ether oxygens (including phenoxy) is 1. The molecule has 0 bridgehead atoms. The Kier molecular flexibility index (Phi) is 3.68. The van der Waals surface area contributed by atoms with E-state index in [0.717, 1.165) is 18.8 Å². The fraction of sp³-hybridized carbons (Fsp3) is 0.400. The van der Waals surface area contributed by atoms with Crippen molar-refractivity contribution < 1.29 is 9.66 Å². The molecule has 0 aromatic heterocycles. The largest absolute Gasteiger partial charge is 0.379 e. The van der Waals surface area contributed by atoms with Gasteiger partial charge >= 0.3 is 0 Å². The molecule has 0 aliphatic carbocycles. The van der Waals surface area contributed by atoms with Crippen LogP contribution < -0.4 is 0 Å². The van der Waals surface area contributed by atoms with Gasteiger partial charge in [0, 0.05) is 22.9 Å². The summed E-state index contributed by atoms with van der Waals surface area (Å²) in [5.74, 6) is 0.689. The number of nitro benzene ring substituents is 1. The van der Waals surface area contributed by atoms with E-state index in [1.165, 1.54) is 12.1 Å². The van der Waals surface area contributed by atoms with Crippen LogP contribution in [0.5, 0.6) is 0 Å². The second-order valence-electron chi connectivity index (χ2n) is 3.50. The molecule has 4 nitrogen and oxygen atoms in total. The molecule has 2 rings (SSSR count). The summed E-state index contributed by atoms with van der Waals surface area (Å²) in [6, 6.07) is 4.53. The number of thioether (sulfide) groups is 1. The second-order valence-corrected chi connectivity index (χ2v) is 5.20. The van der Waals surface area contributed by atoms with Gasteiger partial charge < -0.3 is 4.74 Å². The molecular formula is C10H10ClNO3S. The molecule has 0 amide bonds. The predicted octanol–water partition coefficient (Wildman–Crippen LogP) is 2.88. The summed E-state index contributed by atoms with van der Waals surface area (Å²) in [4.78, 5) is 10.2. The van der Waals surface area contributed by atoms with Gasteiger partial charge in [-0.15, -0.1) is 11.8 Å². The molecule has 1 heterocycles. The Morgan fingerprint density at radius 2 is 2.31 bits per heavy atom. The fourth-order valence-corrected chi connectivity index (χ4v) is 2.61. The zero-order chi connectivity index (χ0) is 11.5. The normalized spacial score (nSPS) is 15.8. The van der Waals surface area contributed by atoms with Gasteiger partial charge in [-0.05, 0) is 11.6 Å². The van der Waals surface area contributed by atoms with Gasteiger partial charge in [-0.25, -0.2) is 0 Å². The Morgan fingerprint density at radius 3 is 2.88 bits per heavy atom. The lowest BCUT2D eigenvalue weighted by molar-refractivity contribution is -0.384. The highest BCUT2D eigenvalue weighted by atomic mass is 35.5. The lowest BCUT2D eigenvalue weighted by Gasteiger charge is -2.25. The molecule has 1 aromatic rings. The number of hydrogen-bond donors (Lipinski definition) is 0. The highest BCUT2D eigenvalue weighted by molar-refractivity contribution is 7.99. The van der Waals surface area contributed by atoms with Crippen LogP contribution in [0.15, 0.2) is 18.2 Å². The average molecular weight is 260 g/mol. The topological polar surface area (TPSA) is 52.4 Å². The summed E-state index contributed by atoms with van der Waals surface area (Å²) in [6.45, 7) is 1.52. The Morgan fingerprint density at radius 1 is 1.56 bits per heavy atom. The van der Waals surface area contributed by atoms with Crippen molar-refractivity contribution in [3.63, 3.8) is 0 Å². The van der Waals surface area contributed by atoms with Crippen LogP contribution >= 0.6 is 23.4 Å². The van der Waals surface area contributed by atoms with E-state index in [1.54, 1.807) is 17.8 Å². The molecule has 16 heavy (non-hydrogen) atoms. The Hall–Kier alpha value is -0.780. The molecule has 0 spiro atoms. The summed E-state index contributed by atoms with van der Waals surface area (Å²) < 4.78 is 5.05. The first-order valence-corrected chi connectivity index (χ1v) is 6.21. The lowest BCUT2D eigenvalue weighted by Crippen LogP contribution is -2.30. The van der Waals surface area contributed by atoms with Crippen molar-refractivity contribution in [1.29, 1.82) is 0 Å². The smallest absolute Gasteiger partial charge is 0.269 e. The number of non-ortho nitro benzene ring substituents is 1. The van der Waals surface area contributed by atoms with Crippen molar-refractivity contribution in [1.82, 2.24) is 0 Å². The Bertz CT molecular complexity index is 409. The van der Waals surface area contributed by atoms with E-state index >= 15 is 0 Å². The molecule has 1 aliphatic rings. The standard InChI is InChI=1S/C10H10ClNO3S/c11-10-2-1-8(12(13)14)3-7(10)6-16-9-4-15-5-9/h1-3,9H,4-6H2. The molecule has 0 N–H and O–H groups in total. The van der Waals surface area contributed by atoms with Gasteiger partial charge in [-0.3, -0.25) is 10.1 Å². The van der Waals surface area contributed by atoms with Crippen LogP contribution in [0.25, 0.3) is 0 Å². The maximum absolute atomic E-state index is 10.6. The number of benzene rings is 1. The van der Waals surface area contributed by atoms with Gasteiger partial charge in [0.05, 0.1) is 23.4 Å². The van der Waals surface area contributed by atoms with Gasteiger partial charge in [0.2, 0.25) is 0 Å². The number of nitrogens with zero attached hydrogens (tertiary/aromatic N) is 1. The minimum atomic E-state index is -0.406. The maximum Gasteiger partial charge on any atom is 0.269 e. The minimum Gasteiger partial charge on any atom is -0.379 e. The maximum atomic E-state index is 10.6. The molecule has 86 valence electrons. The summed E-state index contributed by atoms with van der Waals surface area (Å²) in [6.07, 6.45) is 0.